The van der Waals surface area contributed by atoms with Gasteiger partial charge in [0.25, 0.3) is 0 Å². The molecule has 0 N–H and O–H groups in total. The van der Waals surface area contributed by atoms with Gasteiger partial charge >= 0.3 is 6.09 Å². The minimum absolute atomic E-state index is 0.0848. The second kappa shape index (κ2) is 6.01. The number of hydrogen-bond acceptors (Lipinski definition) is 2. The number of benzene rings is 1. The molecule has 7 heteroatoms. The van der Waals surface area contributed by atoms with Gasteiger partial charge in [0.2, 0.25) is 0 Å². The first-order valence-electron chi connectivity index (χ1n) is 6.34. The van der Waals surface area contributed by atoms with Gasteiger partial charge in [-0.15, -0.1) is 0 Å². The van der Waals surface area contributed by atoms with E-state index in [4.69, 9.17) is 16.3 Å². The van der Waals surface area contributed by atoms with Crippen LogP contribution in [0.1, 0.15) is 20.8 Å². The molecule has 0 unspecified atom stereocenters. The summed E-state index contributed by atoms with van der Waals surface area (Å²) < 4.78 is 34.6. The van der Waals surface area contributed by atoms with Crippen LogP contribution < -0.4 is 0 Å². The zero-order valence-corrected chi connectivity index (χ0v) is 14.4. The van der Waals surface area contributed by atoms with Crippen molar-refractivity contribution in [2.75, 3.05) is 0 Å². The molecule has 0 aliphatic rings. The molecule has 0 spiro atoms. The number of carbonyl (C=O) groups is 1. The van der Waals surface area contributed by atoms with Crippen molar-refractivity contribution in [3.63, 3.8) is 0 Å². The van der Waals surface area contributed by atoms with E-state index in [1.807, 2.05) is 0 Å². The molecule has 0 amide bonds. The number of carbonyl (C=O) groups excluding carboxylic acids is 1. The molecular formula is C15H13BrClF2NO2. The Bertz CT molecular complexity index is 738. The lowest BCUT2D eigenvalue weighted by molar-refractivity contribution is 0.0540. The third-order valence-electron chi connectivity index (χ3n) is 2.66. The van der Waals surface area contributed by atoms with Crippen LogP contribution in [-0.4, -0.2) is 16.3 Å². The zero-order chi connectivity index (χ0) is 16.7. The predicted molar refractivity (Wildman–Crippen MR) is 84.1 cm³/mol. The van der Waals surface area contributed by atoms with Crippen LogP contribution >= 0.6 is 27.5 Å². The lowest BCUT2D eigenvalue weighted by Gasteiger charge is -2.20. The fourth-order valence-electron chi connectivity index (χ4n) is 1.82. The highest BCUT2D eigenvalue weighted by Crippen LogP contribution is 2.31. The van der Waals surface area contributed by atoms with Gasteiger partial charge in [0.1, 0.15) is 17.2 Å². The summed E-state index contributed by atoms with van der Waals surface area (Å²) >= 11 is 8.76. The molecule has 0 aliphatic carbocycles. The molecule has 0 atom stereocenters. The molecule has 0 fully saturated rings. The van der Waals surface area contributed by atoms with Crippen LogP contribution in [0, 0.1) is 11.6 Å². The second-order valence-corrected chi connectivity index (χ2v) is 6.96. The first kappa shape index (κ1) is 17.0. The Hall–Kier alpha value is -1.40. The van der Waals surface area contributed by atoms with Gasteiger partial charge in [0.15, 0.2) is 0 Å². The molecule has 2 rings (SSSR count). The van der Waals surface area contributed by atoms with Crippen molar-refractivity contribution in [3.8, 4) is 11.3 Å². The number of aromatic nitrogens is 1. The number of rotatable bonds is 1. The van der Waals surface area contributed by atoms with E-state index in [1.54, 1.807) is 20.8 Å². The monoisotopic (exact) mass is 391 g/mol. The van der Waals surface area contributed by atoms with Crippen LogP contribution in [-0.2, 0) is 4.74 Å². The SMILES string of the molecule is CC(C)(C)OC(=O)n1cc(Br)cc1-c1cc(F)c(Cl)cc1F. The number of ether oxygens (including phenoxy) is 1. The Balaban J connectivity index is 2.54. The van der Waals surface area contributed by atoms with E-state index >= 15 is 0 Å². The molecular weight excluding hydrogens is 380 g/mol. The van der Waals surface area contributed by atoms with Gasteiger partial charge in [0, 0.05) is 16.2 Å². The van der Waals surface area contributed by atoms with Gasteiger partial charge in [-0.25, -0.2) is 13.6 Å². The molecule has 2 aromatic rings. The van der Waals surface area contributed by atoms with E-state index in [0.717, 1.165) is 16.7 Å². The average Bonchev–Trinajstić information content (AvgIpc) is 2.74. The molecule has 3 nitrogen and oxygen atoms in total. The van der Waals surface area contributed by atoms with Crippen LogP contribution in [0.25, 0.3) is 11.3 Å². The molecule has 0 saturated carbocycles. The highest BCUT2D eigenvalue weighted by molar-refractivity contribution is 9.10. The lowest BCUT2D eigenvalue weighted by Crippen LogP contribution is -2.27. The Morgan fingerprint density at radius 1 is 1.23 bits per heavy atom. The largest absolute Gasteiger partial charge is 0.443 e. The van der Waals surface area contributed by atoms with Crippen LogP contribution in [0.5, 0.6) is 0 Å². The maximum atomic E-state index is 14.1. The topological polar surface area (TPSA) is 31.2 Å². The zero-order valence-electron chi connectivity index (χ0n) is 12.1. The van der Waals surface area contributed by atoms with Crippen molar-refractivity contribution in [1.82, 2.24) is 4.57 Å². The van der Waals surface area contributed by atoms with Gasteiger partial charge in [-0.1, -0.05) is 11.6 Å². The Morgan fingerprint density at radius 2 is 1.86 bits per heavy atom. The highest BCUT2D eigenvalue weighted by Gasteiger charge is 2.22. The predicted octanol–water partition coefficient (Wildman–Crippen LogP) is 5.63. The van der Waals surface area contributed by atoms with Crippen LogP contribution in [0.4, 0.5) is 13.6 Å². The first-order valence-corrected chi connectivity index (χ1v) is 7.52. The van der Waals surface area contributed by atoms with Crippen LogP contribution in [0.3, 0.4) is 0 Å². The second-order valence-electron chi connectivity index (χ2n) is 5.64. The van der Waals surface area contributed by atoms with Crippen molar-refractivity contribution in [3.05, 3.63) is 45.5 Å². The summed E-state index contributed by atoms with van der Waals surface area (Å²) in [7, 11) is 0. The summed E-state index contributed by atoms with van der Waals surface area (Å²) in [6.07, 6.45) is 0.734. The summed E-state index contributed by atoms with van der Waals surface area (Å²) in [5, 5.41) is -0.323. The van der Waals surface area contributed by atoms with Crippen molar-refractivity contribution >= 4 is 33.6 Å². The minimum Gasteiger partial charge on any atom is -0.443 e. The fraction of sp³-hybridized carbons (Fsp3) is 0.267. The average molecular weight is 393 g/mol. The fourth-order valence-corrected chi connectivity index (χ4v) is 2.39. The molecule has 1 aromatic heterocycles. The van der Waals surface area contributed by atoms with Gasteiger partial charge in [-0.3, -0.25) is 4.57 Å². The smallest absolute Gasteiger partial charge is 0.419 e. The molecule has 118 valence electrons. The van der Waals surface area contributed by atoms with Crippen molar-refractivity contribution in [2.24, 2.45) is 0 Å². The summed E-state index contributed by atoms with van der Waals surface area (Å²) in [6, 6.07) is 3.31. The van der Waals surface area contributed by atoms with E-state index in [0.29, 0.717) is 4.47 Å². The summed E-state index contributed by atoms with van der Waals surface area (Å²) in [6.45, 7) is 5.14. The van der Waals surface area contributed by atoms with Crippen molar-refractivity contribution in [1.29, 1.82) is 0 Å². The van der Waals surface area contributed by atoms with E-state index < -0.39 is 23.3 Å². The Kier molecular flexibility index (Phi) is 4.63. The van der Waals surface area contributed by atoms with E-state index in [9.17, 15) is 13.6 Å². The van der Waals surface area contributed by atoms with E-state index in [-0.39, 0.29) is 16.3 Å². The maximum absolute atomic E-state index is 14.1. The number of nitrogens with zero attached hydrogens (tertiary/aromatic N) is 1. The lowest BCUT2D eigenvalue weighted by atomic mass is 10.1. The van der Waals surface area contributed by atoms with Crippen LogP contribution in [0.15, 0.2) is 28.9 Å². The summed E-state index contributed by atoms with van der Waals surface area (Å²) in [4.78, 5) is 12.2. The molecule has 0 radical (unpaired) electrons. The Labute approximate surface area is 140 Å². The number of hydrogen-bond donors (Lipinski definition) is 0. The minimum atomic E-state index is -0.772. The standard InChI is InChI=1S/C15H13BrClF2NO2/c1-15(2,3)22-14(21)20-7-8(16)4-13(20)9-5-12(19)10(17)6-11(9)18/h4-7H,1-3H3. The normalized spacial score (nSPS) is 11.6. The third kappa shape index (κ3) is 3.67. The maximum Gasteiger partial charge on any atom is 0.419 e. The molecule has 1 aromatic carbocycles. The van der Waals surface area contributed by atoms with Crippen molar-refractivity contribution in [2.45, 2.75) is 26.4 Å². The van der Waals surface area contributed by atoms with Gasteiger partial charge in [-0.05, 0) is 54.9 Å². The van der Waals surface area contributed by atoms with E-state index in [2.05, 4.69) is 15.9 Å². The third-order valence-corrected chi connectivity index (χ3v) is 3.39. The number of halogens is 4. The molecule has 22 heavy (non-hydrogen) atoms. The van der Waals surface area contributed by atoms with Gasteiger partial charge in [-0.2, -0.15) is 0 Å². The Morgan fingerprint density at radius 3 is 2.45 bits per heavy atom. The van der Waals surface area contributed by atoms with Crippen LogP contribution in [0.2, 0.25) is 5.02 Å². The summed E-state index contributed by atoms with van der Waals surface area (Å²) in [5.41, 5.74) is -0.637. The first-order chi connectivity index (χ1) is 10.1. The molecule has 0 saturated heterocycles. The highest BCUT2D eigenvalue weighted by atomic mass is 79.9. The molecule has 1 heterocycles. The molecule has 0 bridgehead atoms. The molecule has 0 aliphatic heterocycles. The van der Waals surface area contributed by atoms with Gasteiger partial charge in [0.05, 0.1) is 10.7 Å². The van der Waals surface area contributed by atoms with Crippen molar-refractivity contribution < 1.29 is 18.3 Å². The summed E-state index contributed by atoms with van der Waals surface area (Å²) in [5.74, 6) is -1.51. The quantitative estimate of drug-likeness (QED) is 0.589. The van der Waals surface area contributed by atoms with Gasteiger partial charge < -0.3 is 4.74 Å². The van der Waals surface area contributed by atoms with E-state index in [1.165, 1.54) is 12.3 Å².